The summed E-state index contributed by atoms with van der Waals surface area (Å²) in [6.45, 7) is 6.26. The fourth-order valence-electron chi connectivity index (χ4n) is 4.50. The first kappa shape index (κ1) is 24.5. The highest BCUT2D eigenvalue weighted by molar-refractivity contribution is 6.31. The van der Waals surface area contributed by atoms with Crippen LogP contribution in [0.3, 0.4) is 0 Å². The van der Waals surface area contributed by atoms with Crippen LogP contribution in [-0.4, -0.2) is 81.9 Å². The van der Waals surface area contributed by atoms with Gasteiger partial charge >= 0.3 is 0 Å². The summed E-state index contributed by atoms with van der Waals surface area (Å²) in [5, 5.41) is 18.1. The molecule has 2 aromatic rings. The van der Waals surface area contributed by atoms with Gasteiger partial charge in [0.25, 0.3) is 5.91 Å². The number of carbonyl (C=O) groups is 1. The smallest absolute Gasteiger partial charge is 0.257 e. The van der Waals surface area contributed by atoms with Crippen LogP contribution in [0.4, 0.5) is 4.39 Å². The van der Waals surface area contributed by atoms with E-state index in [1.807, 2.05) is 0 Å². The van der Waals surface area contributed by atoms with Crippen molar-refractivity contribution in [1.82, 2.24) is 19.8 Å². The third-order valence-electron chi connectivity index (χ3n) is 6.40. The second-order valence-electron chi connectivity index (χ2n) is 8.85. The highest BCUT2D eigenvalue weighted by Crippen LogP contribution is 2.30. The monoisotopic (exact) mass is 489 g/mol. The summed E-state index contributed by atoms with van der Waals surface area (Å²) in [5.41, 5.74) is 1.90. The Hall–Kier alpha value is -2.62. The van der Waals surface area contributed by atoms with E-state index in [4.69, 9.17) is 26.9 Å². The highest BCUT2D eigenvalue weighted by Gasteiger charge is 2.36. The van der Waals surface area contributed by atoms with Crippen LogP contribution in [0.5, 0.6) is 5.75 Å². The second-order valence-corrected chi connectivity index (χ2v) is 9.23. The van der Waals surface area contributed by atoms with E-state index in [2.05, 4.69) is 14.9 Å². The van der Waals surface area contributed by atoms with E-state index in [1.54, 1.807) is 18.7 Å². The Labute approximate surface area is 203 Å². The summed E-state index contributed by atoms with van der Waals surface area (Å²) < 4.78 is 20.1. The maximum atomic E-state index is 14.1. The highest BCUT2D eigenvalue weighted by atomic mass is 35.5. The zero-order valence-corrected chi connectivity index (χ0v) is 20.1. The Kier molecular flexibility index (Phi) is 7.45. The fraction of sp³-hybridized carbons (Fsp3) is 0.500. The van der Waals surface area contributed by atoms with Gasteiger partial charge in [-0.05, 0) is 38.8 Å². The topological polar surface area (TPSA) is 103 Å². The summed E-state index contributed by atoms with van der Waals surface area (Å²) >= 11 is 6.18. The molecule has 2 N–H and O–H groups in total. The maximum absolute atomic E-state index is 14.1. The molecule has 1 aromatic heterocycles. The average Bonchev–Trinajstić information content (AvgIpc) is 3.20. The van der Waals surface area contributed by atoms with Crippen LogP contribution in [0, 0.1) is 25.1 Å². The van der Waals surface area contributed by atoms with Crippen molar-refractivity contribution >= 4 is 23.2 Å². The quantitative estimate of drug-likeness (QED) is 0.646. The summed E-state index contributed by atoms with van der Waals surface area (Å²) in [4.78, 5) is 26.0. The third-order valence-corrected chi connectivity index (χ3v) is 6.95. The molecule has 1 unspecified atom stereocenters. The van der Waals surface area contributed by atoms with Crippen LogP contribution in [-0.2, 0) is 0 Å². The Bertz CT molecular complexity index is 1070. The van der Waals surface area contributed by atoms with Gasteiger partial charge in [0.05, 0.1) is 41.0 Å². The molecule has 10 heteroatoms. The number of ether oxygens (including phenoxy) is 1. The number of likely N-dealkylation sites (tertiary alicyclic amines) is 2. The number of rotatable bonds is 6. The number of amides is 1. The first-order valence-electron chi connectivity index (χ1n) is 11.4. The van der Waals surface area contributed by atoms with Gasteiger partial charge in [0.15, 0.2) is 0 Å². The van der Waals surface area contributed by atoms with Gasteiger partial charge in [-0.3, -0.25) is 4.79 Å². The summed E-state index contributed by atoms with van der Waals surface area (Å²) in [5.74, 6) is -0.515. The predicted molar refractivity (Wildman–Crippen MR) is 126 cm³/mol. The zero-order chi connectivity index (χ0) is 24.4. The van der Waals surface area contributed by atoms with Crippen molar-refractivity contribution in [2.45, 2.75) is 38.7 Å². The van der Waals surface area contributed by atoms with Crippen molar-refractivity contribution in [1.29, 1.82) is 5.41 Å². The molecular weight excluding hydrogens is 461 g/mol. The molecule has 2 aliphatic heterocycles. The molecule has 3 heterocycles. The number of benzene rings is 1. The molecule has 2 aliphatic rings. The van der Waals surface area contributed by atoms with Crippen molar-refractivity contribution in [2.24, 2.45) is 0 Å². The van der Waals surface area contributed by atoms with Crippen LogP contribution in [0.25, 0.3) is 0 Å². The molecule has 1 aromatic carbocycles. The minimum absolute atomic E-state index is 0.111. The molecule has 2 saturated heterocycles. The van der Waals surface area contributed by atoms with Gasteiger partial charge < -0.3 is 25.1 Å². The van der Waals surface area contributed by atoms with E-state index in [9.17, 15) is 9.18 Å². The summed E-state index contributed by atoms with van der Waals surface area (Å²) in [6, 6.07) is 3.94. The SMILES string of the molecule is Cc1nc(C2CN(C(=O)c3ccc(F)cc3OC3CCN(CCO)CC3)CC2=N)nc(C)c1Cl. The molecule has 8 nitrogen and oxygen atoms in total. The Morgan fingerprint density at radius 2 is 1.94 bits per heavy atom. The Morgan fingerprint density at radius 1 is 1.26 bits per heavy atom. The van der Waals surface area contributed by atoms with Gasteiger partial charge in [0.2, 0.25) is 0 Å². The number of nitrogens with one attached hydrogen (secondary N) is 1. The van der Waals surface area contributed by atoms with Crippen molar-refractivity contribution < 1.29 is 19.0 Å². The fourth-order valence-corrected chi connectivity index (χ4v) is 4.58. The molecule has 0 spiro atoms. The van der Waals surface area contributed by atoms with Crippen molar-refractivity contribution in [2.75, 3.05) is 39.3 Å². The van der Waals surface area contributed by atoms with E-state index < -0.39 is 11.7 Å². The molecule has 4 rings (SSSR count). The van der Waals surface area contributed by atoms with E-state index in [0.717, 1.165) is 25.9 Å². The average molecular weight is 490 g/mol. The Balaban J connectivity index is 1.50. The molecule has 2 fully saturated rings. The van der Waals surface area contributed by atoms with E-state index >= 15 is 0 Å². The lowest BCUT2D eigenvalue weighted by Gasteiger charge is -2.32. The molecule has 0 radical (unpaired) electrons. The van der Waals surface area contributed by atoms with Crippen LogP contribution in [0.15, 0.2) is 18.2 Å². The lowest BCUT2D eigenvalue weighted by molar-refractivity contribution is 0.0756. The van der Waals surface area contributed by atoms with Crippen LogP contribution < -0.4 is 4.74 Å². The minimum Gasteiger partial charge on any atom is -0.489 e. The number of aliphatic hydroxyl groups excluding tert-OH is 1. The minimum atomic E-state index is -0.475. The molecular formula is C24H29ClFN5O3. The summed E-state index contributed by atoms with van der Waals surface area (Å²) in [6.07, 6.45) is 1.32. The number of halogens is 2. The first-order chi connectivity index (χ1) is 16.3. The molecule has 0 aliphatic carbocycles. The molecule has 34 heavy (non-hydrogen) atoms. The van der Waals surface area contributed by atoms with Crippen molar-refractivity contribution in [3.05, 3.63) is 51.8 Å². The lowest BCUT2D eigenvalue weighted by atomic mass is 10.1. The first-order valence-corrected chi connectivity index (χ1v) is 11.8. The number of hydrogen-bond acceptors (Lipinski definition) is 7. The van der Waals surface area contributed by atoms with Gasteiger partial charge in [-0.25, -0.2) is 14.4 Å². The number of carbonyl (C=O) groups excluding carboxylic acids is 1. The lowest BCUT2D eigenvalue weighted by Crippen LogP contribution is -2.39. The zero-order valence-electron chi connectivity index (χ0n) is 19.4. The maximum Gasteiger partial charge on any atom is 0.257 e. The van der Waals surface area contributed by atoms with Crippen molar-refractivity contribution in [3.8, 4) is 5.75 Å². The number of piperidine rings is 1. The normalized spacial score (nSPS) is 19.6. The number of hydrogen-bond donors (Lipinski definition) is 2. The molecule has 0 saturated carbocycles. The number of aromatic nitrogens is 2. The van der Waals surface area contributed by atoms with E-state index in [0.29, 0.717) is 34.5 Å². The molecule has 1 atom stereocenters. The largest absolute Gasteiger partial charge is 0.489 e. The number of β-amino-alcohol motifs (C(OH)–C–C–N with tert-alkyl or cyclic N) is 1. The van der Waals surface area contributed by atoms with Crippen LogP contribution >= 0.6 is 11.6 Å². The summed E-state index contributed by atoms with van der Waals surface area (Å²) in [7, 11) is 0. The predicted octanol–water partition coefficient (Wildman–Crippen LogP) is 2.98. The number of aliphatic hydroxyl groups is 1. The Morgan fingerprint density at radius 3 is 2.59 bits per heavy atom. The molecule has 0 bridgehead atoms. The second kappa shape index (κ2) is 10.3. The van der Waals surface area contributed by atoms with E-state index in [-0.39, 0.29) is 43.0 Å². The number of aryl methyl sites for hydroxylation is 2. The third kappa shape index (κ3) is 5.21. The van der Waals surface area contributed by atoms with Gasteiger partial charge in [-0.15, -0.1) is 0 Å². The number of nitrogens with zero attached hydrogens (tertiary/aromatic N) is 4. The van der Waals surface area contributed by atoms with Crippen LogP contribution in [0.2, 0.25) is 5.02 Å². The van der Waals surface area contributed by atoms with Crippen LogP contribution in [0.1, 0.15) is 46.3 Å². The van der Waals surface area contributed by atoms with Gasteiger partial charge in [-0.1, -0.05) is 11.6 Å². The standard InChI is InChI=1S/C24H29ClFN5O3/c1-14-22(25)15(2)29-23(28-14)19-12-31(13-20(19)27)24(33)18-4-3-16(26)11-21(18)34-17-5-7-30(8-6-17)9-10-32/h3-4,11,17,19,27,32H,5-10,12-13H2,1-2H3. The van der Waals surface area contributed by atoms with E-state index in [1.165, 1.54) is 18.2 Å². The van der Waals surface area contributed by atoms with Crippen molar-refractivity contribution in [3.63, 3.8) is 0 Å². The molecule has 1 amide bonds. The molecule has 182 valence electrons. The van der Waals surface area contributed by atoms with Gasteiger partial charge in [0.1, 0.15) is 23.5 Å². The van der Waals surface area contributed by atoms with Gasteiger partial charge in [-0.2, -0.15) is 0 Å². The van der Waals surface area contributed by atoms with Gasteiger partial charge in [0, 0.05) is 38.0 Å².